The Bertz CT molecular complexity index is 966. The van der Waals surface area contributed by atoms with Crippen LogP contribution in [0.3, 0.4) is 0 Å². The van der Waals surface area contributed by atoms with Crippen molar-refractivity contribution in [2.75, 3.05) is 29.9 Å². The van der Waals surface area contributed by atoms with Gasteiger partial charge >= 0.3 is 6.03 Å². The summed E-state index contributed by atoms with van der Waals surface area (Å²) >= 11 is 0. The summed E-state index contributed by atoms with van der Waals surface area (Å²) in [5, 5.41) is 14.8. The van der Waals surface area contributed by atoms with E-state index in [0.29, 0.717) is 18.3 Å². The Kier molecular flexibility index (Phi) is 5.10. The summed E-state index contributed by atoms with van der Waals surface area (Å²) in [6, 6.07) is 11.5. The van der Waals surface area contributed by atoms with E-state index in [2.05, 4.69) is 30.7 Å². The van der Waals surface area contributed by atoms with E-state index in [4.69, 9.17) is 0 Å². The number of hydrogen-bond donors (Lipinski definition) is 2. The van der Waals surface area contributed by atoms with Crippen molar-refractivity contribution in [2.45, 2.75) is 26.7 Å². The molecule has 2 amide bonds. The van der Waals surface area contributed by atoms with Gasteiger partial charge in [-0.2, -0.15) is 0 Å². The fourth-order valence-electron chi connectivity index (χ4n) is 3.54. The van der Waals surface area contributed by atoms with Gasteiger partial charge in [0.2, 0.25) is 0 Å². The molecule has 0 spiro atoms. The van der Waals surface area contributed by atoms with E-state index in [1.807, 2.05) is 50.2 Å². The lowest BCUT2D eigenvalue weighted by Crippen LogP contribution is -2.42. The van der Waals surface area contributed by atoms with Crippen molar-refractivity contribution in [1.82, 2.24) is 25.1 Å². The standard InChI is InChI=1S/C20H25N7O/c1-14-5-7-17(8-6-14)23-20(28)21-12-16-4-3-11-26(13-16)19-10-9-18-22-15(2)24-27(18)25-19/h5-10,16H,3-4,11-13H2,1-2H3,(H2,21,23,28). The van der Waals surface area contributed by atoms with Crippen LogP contribution in [0.25, 0.3) is 5.65 Å². The molecule has 2 aromatic heterocycles. The fourth-order valence-corrected chi connectivity index (χ4v) is 3.54. The molecule has 0 radical (unpaired) electrons. The second-order valence-corrected chi connectivity index (χ2v) is 7.35. The number of amides is 2. The Morgan fingerprint density at radius 3 is 2.79 bits per heavy atom. The van der Waals surface area contributed by atoms with Gasteiger partial charge in [0.05, 0.1) is 0 Å². The number of carbonyl (C=O) groups is 1. The second kappa shape index (κ2) is 7.84. The van der Waals surface area contributed by atoms with E-state index in [1.54, 1.807) is 4.63 Å². The van der Waals surface area contributed by atoms with E-state index in [0.717, 1.165) is 43.1 Å². The molecule has 1 saturated heterocycles. The van der Waals surface area contributed by atoms with Crippen molar-refractivity contribution in [3.8, 4) is 0 Å². The summed E-state index contributed by atoms with van der Waals surface area (Å²) in [6.45, 7) is 6.34. The van der Waals surface area contributed by atoms with E-state index in [-0.39, 0.29) is 6.03 Å². The zero-order valence-corrected chi connectivity index (χ0v) is 16.2. The van der Waals surface area contributed by atoms with Gasteiger partial charge in [-0.1, -0.05) is 17.7 Å². The zero-order chi connectivity index (χ0) is 19.5. The first-order valence-electron chi connectivity index (χ1n) is 9.64. The molecule has 4 rings (SSSR count). The number of rotatable bonds is 4. The van der Waals surface area contributed by atoms with Crippen molar-refractivity contribution in [3.63, 3.8) is 0 Å². The topological polar surface area (TPSA) is 87.5 Å². The molecule has 0 aliphatic carbocycles. The molecule has 28 heavy (non-hydrogen) atoms. The number of fused-ring (bicyclic) bond motifs is 1. The third kappa shape index (κ3) is 4.21. The normalized spacial score (nSPS) is 16.9. The Hall–Kier alpha value is -3.16. The minimum atomic E-state index is -0.168. The number of benzene rings is 1. The lowest BCUT2D eigenvalue weighted by molar-refractivity contribution is 0.249. The largest absolute Gasteiger partial charge is 0.355 e. The van der Waals surface area contributed by atoms with Crippen LogP contribution >= 0.6 is 0 Å². The molecule has 1 fully saturated rings. The van der Waals surface area contributed by atoms with Gasteiger partial charge in [-0.05, 0) is 56.9 Å². The third-order valence-electron chi connectivity index (χ3n) is 5.00. The van der Waals surface area contributed by atoms with Gasteiger partial charge in [-0.3, -0.25) is 0 Å². The van der Waals surface area contributed by atoms with Crippen LogP contribution in [0.4, 0.5) is 16.3 Å². The molecule has 1 aliphatic rings. The maximum absolute atomic E-state index is 12.2. The predicted molar refractivity (Wildman–Crippen MR) is 109 cm³/mol. The Morgan fingerprint density at radius 2 is 1.96 bits per heavy atom. The van der Waals surface area contributed by atoms with Gasteiger partial charge in [0.15, 0.2) is 11.5 Å². The van der Waals surface area contributed by atoms with Gasteiger partial charge in [0.25, 0.3) is 0 Å². The maximum Gasteiger partial charge on any atom is 0.319 e. The van der Waals surface area contributed by atoms with E-state index in [1.165, 1.54) is 5.56 Å². The third-order valence-corrected chi connectivity index (χ3v) is 5.00. The van der Waals surface area contributed by atoms with Gasteiger partial charge in [0.1, 0.15) is 5.82 Å². The van der Waals surface area contributed by atoms with Crippen LogP contribution in [0.2, 0.25) is 0 Å². The highest BCUT2D eigenvalue weighted by molar-refractivity contribution is 5.89. The average Bonchev–Trinajstić information content (AvgIpc) is 3.07. The highest BCUT2D eigenvalue weighted by Gasteiger charge is 2.22. The lowest BCUT2D eigenvalue weighted by atomic mass is 9.98. The first-order chi connectivity index (χ1) is 13.6. The van der Waals surface area contributed by atoms with E-state index >= 15 is 0 Å². The lowest BCUT2D eigenvalue weighted by Gasteiger charge is -2.33. The molecule has 1 unspecified atom stereocenters. The first-order valence-corrected chi connectivity index (χ1v) is 9.64. The number of carbonyl (C=O) groups excluding carboxylic acids is 1. The van der Waals surface area contributed by atoms with Crippen LogP contribution in [0.1, 0.15) is 24.2 Å². The minimum absolute atomic E-state index is 0.168. The van der Waals surface area contributed by atoms with Crippen molar-refractivity contribution >= 4 is 23.2 Å². The monoisotopic (exact) mass is 379 g/mol. The molecule has 146 valence electrons. The Morgan fingerprint density at radius 1 is 1.14 bits per heavy atom. The van der Waals surface area contributed by atoms with Crippen LogP contribution in [0.5, 0.6) is 0 Å². The number of nitrogens with zero attached hydrogens (tertiary/aromatic N) is 5. The molecule has 1 aromatic carbocycles. The predicted octanol–water partition coefficient (Wildman–Crippen LogP) is 2.78. The molecule has 2 N–H and O–H groups in total. The van der Waals surface area contributed by atoms with Gasteiger partial charge < -0.3 is 15.5 Å². The molecule has 1 atom stereocenters. The number of hydrogen-bond acceptors (Lipinski definition) is 5. The summed E-state index contributed by atoms with van der Waals surface area (Å²) in [7, 11) is 0. The number of piperidine rings is 1. The SMILES string of the molecule is Cc1ccc(NC(=O)NCC2CCCN(c3ccc4nc(C)nn4n3)C2)cc1. The second-order valence-electron chi connectivity index (χ2n) is 7.35. The summed E-state index contributed by atoms with van der Waals surface area (Å²) < 4.78 is 1.58. The molecule has 0 saturated carbocycles. The molecule has 3 heterocycles. The fraction of sp³-hybridized carbons (Fsp3) is 0.400. The van der Waals surface area contributed by atoms with Gasteiger partial charge in [-0.15, -0.1) is 14.8 Å². The summed E-state index contributed by atoms with van der Waals surface area (Å²) in [5.41, 5.74) is 2.72. The van der Waals surface area contributed by atoms with Crippen LogP contribution in [0.15, 0.2) is 36.4 Å². The summed E-state index contributed by atoms with van der Waals surface area (Å²) in [4.78, 5) is 18.7. The molecule has 8 nitrogen and oxygen atoms in total. The van der Waals surface area contributed by atoms with Gasteiger partial charge in [-0.25, -0.2) is 9.78 Å². The maximum atomic E-state index is 12.2. The van der Waals surface area contributed by atoms with Crippen LogP contribution < -0.4 is 15.5 Å². The quantitative estimate of drug-likeness (QED) is 0.728. The number of aromatic nitrogens is 4. The minimum Gasteiger partial charge on any atom is -0.355 e. The van der Waals surface area contributed by atoms with Crippen molar-refractivity contribution in [2.24, 2.45) is 5.92 Å². The molecular formula is C20H25N7O. The van der Waals surface area contributed by atoms with Crippen LogP contribution in [-0.2, 0) is 0 Å². The summed E-state index contributed by atoms with van der Waals surface area (Å²) in [5.74, 6) is 1.99. The van der Waals surface area contributed by atoms with Gasteiger partial charge in [0, 0.05) is 25.3 Å². The Balaban J connectivity index is 1.32. The van der Waals surface area contributed by atoms with E-state index in [9.17, 15) is 4.79 Å². The number of urea groups is 1. The van der Waals surface area contributed by atoms with E-state index < -0.39 is 0 Å². The molecule has 1 aliphatic heterocycles. The van der Waals surface area contributed by atoms with Crippen LogP contribution in [0, 0.1) is 19.8 Å². The average molecular weight is 379 g/mol. The summed E-state index contributed by atoms with van der Waals surface area (Å²) in [6.07, 6.45) is 2.16. The highest BCUT2D eigenvalue weighted by Crippen LogP contribution is 2.21. The molecule has 0 bridgehead atoms. The van der Waals surface area contributed by atoms with Crippen molar-refractivity contribution < 1.29 is 4.79 Å². The number of nitrogens with one attached hydrogen (secondary N) is 2. The smallest absolute Gasteiger partial charge is 0.319 e. The first kappa shape index (κ1) is 18.2. The number of aryl methyl sites for hydroxylation is 2. The van der Waals surface area contributed by atoms with Crippen LogP contribution in [-0.4, -0.2) is 45.5 Å². The van der Waals surface area contributed by atoms with Crippen molar-refractivity contribution in [1.29, 1.82) is 0 Å². The highest BCUT2D eigenvalue weighted by atomic mass is 16.2. The molecule has 3 aromatic rings. The Labute approximate surface area is 164 Å². The van der Waals surface area contributed by atoms with Crippen molar-refractivity contribution in [3.05, 3.63) is 47.8 Å². The number of anilines is 2. The molecule has 8 heteroatoms. The zero-order valence-electron chi connectivity index (χ0n) is 16.2. The molecular weight excluding hydrogens is 354 g/mol.